The third-order valence-corrected chi connectivity index (χ3v) is 13.2. The minimum atomic E-state index is -2.94. The van der Waals surface area contributed by atoms with Crippen molar-refractivity contribution < 1.29 is 23.0 Å². The van der Waals surface area contributed by atoms with Gasteiger partial charge >= 0.3 is 0 Å². The van der Waals surface area contributed by atoms with E-state index in [9.17, 15) is 9.36 Å². The van der Waals surface area contributed by atoms with Crippen molar-refractivity contribution in [2.75, 3.05) is 40.1 Å². The second-order valence-electron chi connectivity index (χ2n) is 9.25. The molecule has 2 aliphatic rings. The molecule has 1 aliphatic heterocycles. The molecule has 1 unspecified atom stereocenters. The van der Waals surface area contributed by atoms with Gasteiger partial charge in [0.25, 0.3) is 0 Å². The lowest BCUT2D eigenvalue weighted by molar-refractivity contribution is -0.122. The molecular weight excluding hydrogens is 523 g/mol. The molecule has 0 radical (unpaired) electrons. The highest BCUT2D eigenvalue weighted by Crippen LogP contribution is 2.70. The van der Waals surface area contributed by atoms with Crippen molar-refractivity contribution in [1.29, 1.82) is 0 Å². The third-order valence-electron chi connectivity index (χ3n) is 6.65. The molecule has 0 bridgehead atoms. The lowest BCUT2D eigenvalue weighted by Gasteiger charge is -2.38. The summed E-state index contributed by atoms with van der Waals surface area (Å²) in [7, 11) is 2.07. The molecule has 2 fully saturated rings. The fraction of sp³-hybridized carbons (Fsp3) is 0.708. The van der Waals surface area contributed by atoms with E-state index in [1.165, 1.54) is 55.7 Å². The summed E-state index contributed by atoms with van der Waals surface area (Å²) >= 11 is 2.75. The van der Waals surface area contributed by atoms with E-state index in [0.29, 0.717) is 38.8 Å². The maximum atomic E-state index is 13.6. The number of ether oxygens (including phenoxy) is 2. The zero-order valence-corrected chi connectivity index (χ0v) is 24.4. The van der Waals surface area contributed by atoms with Gasteiger partial charge < -0.3 is 19.8 Å². The van der Waals surface area contributed by atoms with E-state index >= 15 is 0 Å². The first kappa shape index (κ1) is 30.9. The van der Waals surface area contributed by atoms with Gasteiger partial charge in [-0.25, -0.2) is 4.31 Å². The summed E-state index contributed by atoms with van der Waals surface area (Å²) in [5.74, 6) is 0.299. The highest BCUT2D eigenvalue weighted by atomic mass is 32.7. The predicted octanol–water partition coefficient (Wildman–Crippen LogP) is 5.84. The molecule has 1 saturated heterocycles. The number of carbonyl (C=O) groups excluding carboxylic acids is 1. The topological polar surface area (TPSA) is 91.1 Å². The van der Waals surface area contributed by atoms with Gasteiger partial charge in [-0.2, -0.15) is 13.5 Å². The minimum Gasteiger partial charge on any atom is -0.494 e. The van der Waals surface area contributed by atoms with Gasteiger partial charge in [0.15, 0.2) is 6.34 Å². The van der Waals surface area contributed by atoms with Crippen LogP contribution in [0.1, 0.15) is 57.8 Å². The second-order valence-corrected chi connectivity index (χ2v) is 16.1. The second kappa shape index (κ2) is 15.2. The number of rotatable bonds is 13. The van der Waals surface area contributed by atoms with Crippen LogP contribution in [0.2, 0.25) is 0 Å². The Morgan fingerprint density at radius 1 is 1.17 bits per heavy atom. The largest absolute Gasteiger partial charge is 0.494 e. The maximum absolute atomic E-state index is 13.6. The van der Waals surface area contributed by atoms with Gasteiger partial charge in [-0.3, -0.25) is 8.98 Å². The molecule has 200 valence electrons. The summed E-state index contributed by atoms with van der Waals surface area (Å²) in [4.78, 5) is 13.1. The molecule has 11 heteroatoms. The summed E-state index contributed by atoms with van der Waals surface area (Å²) in [5.41, 5.74) is 5.70. The first-order valence-electron chi connectivity index (χ1n) is 12.2. The Hall–Kier alpha value is -0.350. The molecule has 1 aliphatic carbocycles. The van der Waals surface area contributed by atoms with Gasteiger partial charge in [0.1, 0.15) is 10.9 Å². The Balaban J connectivity index is 0.00000432. The van der Waals surface area contributed by atoms with E-state index in [1.807, 2.05) is 24.3 Å². The van der Waals surface area contributed by atoms with Crippen LogP contribution >= 0.6 is 43.4 Å². The lowest BCUT2D eigenvalue weighted by atomic mass is 9.98. The molecule has 7 nitrogen and oxygen atoms in total. The number of primary amides is 1. The molecule has 0 aromatic heterocycles. The molecule has 1 atom stereocenters. The Kier molecular flexibility index (Phi) is 13.4. The van der Waals surface area contributed by atoms with Gasteiger partial charge in [-0.15, -0.1) is 0 Å². The Labute approximate surface area is 225 Å². The molecule has 2 N–H and O–H groups in total. The average molecular weight is 565 g/mol. The first-order chi connectivity index (χ1) is 16.3. The highest BCUT2D eigenvalue weighted by molar-refractivity contribution is 8.58. The van der Waals surface area contributed by atoms with E-state index in [1.54, 1.807) is 6.66 Å². The number of hydrogen-bond donors (Lipinski definition) is 1. The van der Waals surface area contributed by atoms with Gasteiger partial charge in [0.05, 0.1) is 24.9 Å². The van der Waals surface area contributed by atoms with E-state index < -0.39 is 17.4 Å². The van der Waals surface area contributed by atoms with Gasteiger partial charge in [-0.05, 0) is 76.5 Å². The fourth-order valence-corrected chi connectivity index (χ4v) is 10.2. The summed E-state index contributed by atoms with van der Waals surface area (Å²) in [6.45, 7) is 4.10. The van der Waals surface area contributed by atoms with Crippen LogP contribution < -0.4 is 10.5 Å². The average Bonchev–Trinajstić information content (AvgIpc) is 2.84. The Morgan fingerprint density at radius 3 is 2.46 bits per heavy atom. The van der Waals surface area contributed by atoms with E-state index in [-0.39, 0.29) is 13.5 Å². The van der Waals surface area contributed by atoms with E-state index in [4.69, 9.17) is 19.4 Å². The van der Waals surface area contributed by atoms with Crippen molar-refractivity contribution in [2.24, 2.45) is 5.73 Å². The molecule has 1 amide bonds. The highest BCUT2D eigenvalue weighted by Gasteiger charge is 2.51. The van der Waals surface area contributed by atoms with Gasteiger partial charge in [-0.1, -0.05) is 30.6 Å². The number of nitrogens with two attached hydrogens (primary N) is 1. The SMILES string of the molecule is CN(CCCCOc1ccc(SP(C)(=O)C2(C(N)=O)CCOCC2)cc1)SOC1CCCCC1.S. The van der Waals surface area contributed by atoms with Crippen LogP contribution in [0, 0.1) is 0 Å². The number of carbonyl (C=O) groups is 1. The molecule has 1 aromatic rings. The van der Waals surface area contributed by atoms with Crippen molar-refractivity contribution >= 4 is 49.4 Å². The molecule has 3 rings (SSSR count). The van der Waals surface area contributed by atoms with Crippen LogP contribution in [0.5, 0.6) is 5.75 Å². The van der Waals surface area contributed by atoms with Crippen molar-refractivity contribution in [3.05, 3.63) is 24.3 Å². The third kappa shape index (κ3) is 9.16. The minimum absolute atomic E-state index is 0. The number of nitrogens with zero attached hydrogens (tertiary/aromatic N) is 1. The van der Waals surface area contributed by atoms with Crippen LogP contribution in [0.3, 0.4) is 0 Å². The zero-order valence-electron chi connectivity index (χ0n) is 20.9. The van der Waals surface area contributed by atoms with Crippen LogP contribution in [0.25, 0.3) is 0 Å². The summed E-state index contributed by atoms with van der Waals surface area (Å²) in [6, 6.07) is 7.58. The normalized spacial score (nSPS) is 20.1. The summed E-state index contributed by atoms with van der Waals surface area (Å²) in [6.07, 6.45) is 6.54. The van der Waals surface area contributed by atoms with Gasteiger partial charge in [0.2, 0.25) is 5.91 Å². The number of benzene rings is 1. The van der Waals surface area contributed by atoms with Crippen LogP contribution in [-0.2, 0) is 18.3 Å². The van der Waals surface area contributed by atoms with Crippen LogP contribution in [0.15, 0.2) is 29.2 Å². The predicted molar refractivity (Wildman–Crippen MR) is 151 cm³/mol. The van der Waals surface area contributed by atoms with Crippen LogP contribution in [-0.4, -0.2) is 61.6 Å². The van der Waals surface area contributed by atoms with Crippen LogP contribution in [0.4, 0.5) is 0 Å². The quantitative estimate of drug-likeness (QED) is 0.138. The summed E-state index contributed by atoms with van der Waals surface area (Å²) in [5, 5.41) is -1.00. The first-order valence-corrected chi connectivity index (χ1v) is 16.5. The molecule has 1 heterocycles. The van der Waals surface area contributed by atoms with Crippen molar-refractivity contribution in [3.63, 3.8) is 0 Å². The summed E-state index contributed by atoms with van der Waals surface area (Å²) < 4.78 is 32.9. The standard InChI is InChI=1S/C24H39N2O5PS2.H2S/c1-26(34-31-21-8-4-3-5-9-21)16-6-7-17-30-20-10-12-22(13-11-20)33-32(2,28)24(23(25)27)14-18-29-19-15-24;/h10-13,21H,3-9,14-19H2,1-2H3,(H2,25,27);1H2. The van der Waals surface area contributed by atoms with Gasteiger partial charge in [0, 0.05) is 24.7 Å². The number of amides is 1. The lowest BCUT2D eigenvalue weighted by Crippen LogP contribution is -2.47. The van der Waals surface area contributed by atoms with E-state index in [0.717, 1.165) is 30.0 Å². The number of unbranched alkanes of at least 4 members (excludes halogenated alkanes) is 1. The zero-order chi connectivity index (χ0) is 24.4. The van der Waals surface area contributed by atoms with Crippen molar-refractivity contribution in [3.8, 4) is 5.75 Å². The Morgan fingerprint density at radius 2 is 1.83 bits per heavy atom. The molecule has 1 saturated carbocycles. The molecule has 1 aromatic carbocycles. The molecule has 0 spiro atoms. The molecular formula is C24H41N2O5PS3. The van der Waals surface area contributed by atoms with E-state index in [2.05, 4.69) is 11.4 Å². The molecule has 35 heavy (non-hydrogen) atoms. The van der Waals surface area contributed by atoms with Crippen molar-refractivity contribution in [2.45, 2.75) is 73.9 Å². The Bertz CT molecular complexity index is 818. The maximum Gasteiger partial charge on any atom is 0.232 e. The van der Waals surface area contributed by atoms with Crippen molar-refractivity contribution in [1.82, 2.24) is 4.31 Å². The number of hydrogen-bond acceptors (Lipinski definition) is 8. The monoisotopic (exact) mass is 564 g/mol. The smallest absolute Gasteiger partial charge is 0.232 e. The fourth-order valence-electron chi connectivity index (χ4n) is 4.41.